The number of amides is 1. The normalized spacial score (nSPS) is 26.1. The highest BCUT2D eigenvalue weighted by atomic mass is 16.6. The van der Waals surface area contributed by atoms with Crippen LogP contribution in [0.25, 0.3) is 0 Å². The second-order valence-corrected chi connectivity index (χ2v) is 7.75. The molecule has 1 amide bonds. The highest BCUT2D eigenvalue weighted by molar-refractivity contribution is 6.06. The van der Waals surface area contributed by atoms with Crippen LogP contribution in [0, 0.1) is 5.41 Å². The van der Waals surface area contributed by atoms with Gasteiger partial charge in [0.25, 0.3) is 0 Å². The SMILES string of the molecule is COC1C=CC2=C(C(=O)C3(CCNCC3)C2)N1C(=O)OC(C)(C)C. The molecule has 0 aromatic heterocycles. The number of piperidine rings is 1. The summed E-state index contributed by atoms with van der Waals surface area (Å²) in [6.07, 6.45) is 4.88. The average Bonchev–Trinajstić information content (AvgIpc) is 2.78. The van der Waals surface area contributed by atoms with Gasteiger partial charge in [0.2, 0.25) is 0 Å². The van der Waals surface area contributed by atoms with E-state index in [0.29, 0.717) is 12.1 Å². The van der Waals surface area contributed by atoms with E-state index in [1.165, 1.54) is 12.0 Å². The number of ketones is 1. The molecular formula is C18H26N2O4. The topological polar surface area (TPSA) is 67.9 Å². The van der Waals surface area contributed by atoms with E-state index < -0.39 is 17.9 Å². The van der Waals surface area contributed by atoms with Crippen LogP contribution < -0.4 is 5.32 Å². The number of carbonyl (C=O) groups is 2. The van der Waals surface area contributed by atoms with Crippen LogP contribution in [-0.4, -0.2) is 48.8 Å². The molecule has 6 heteroatoms. The number of nitrogens with one attached hydrogen (secondary N) is 1. The number of hydrogen-bond acceptors (Lipinski definition) is 5. The Hall–Kier alpha value is -1.66. The molecule has 3 aliphatic rings. The maximum absolute atomic E-state index is 13.2. The first-order valence-electron chi connectivity index (χ1n) is 8.49. The second kappa shape index (κ2) is 6.01. The van der Waals surface area contributed by atoms with Gasteiger partial charge in [0.1, 0.15) is 5.60 Å². The first kappa shape index (κ1) is 17.2. The van der Waals surface area contributed by atoms with E-state index in [-0.39, 0.29) is 11.2 Å². The molecular weight excluding hydrogens is 308 g/mol. The fourth-order valence-electron chi connectivity index (χ4n) is 3.74. The summed E-state index contributed by atoms with van der Waals surface area (Å²) in [7, 11) is 1.53. The Morgan fingerprint density at radius 2 is 2.00 bits per heavy atom. The molecule has 132 valence electrons. The molecule has 0 saturated carbocycles. The summed E-state index contributed by atoms with van der Waals surface area (Å²) in [5.74, 6) is 0.0521. The summed E-state index contributed by atoms with van der Waals surface area (Å²) in [5.41, 5.74) is 0.357. The molecule has 2 aliphatic heterocycles. The van der Waals surface area contributed by atoms with Crippen LogP contribution in [0.2, 0.25) is 0 Å². The summed E-state index contributed by atoms with van der Waals surface area (Å²) >= 11 is 0. The number of carbonyl (C=O) groups excluding carboxylic acids is 2. The van der Waals surface area contributed by atoms with Gasteiger partial charge in [-0.25, -0.2) is 9.69 Å². The van der Waals surface area contributed by atoms with Crippen LogP contribution in [0.15, 0.2) is 23.4 Å². The van der Waals surface area contributed by atoms with Crippen molar-refractivity contribution < 1.29 is 19.1 Å². The standard InChI is InChI=1S/C18H26N2O4/c1-17(2,3)24-16(22)20-13(23-4)6-5-12-11-18(15(21)14(12)20)7-9-19-10-8-18/h5-6,13,19H,7-11H2,1-4H3. The van der Waals surface area contributed by atoms with Gasteiger partial charge in [-0.05, 0) is 64.8 Å². The molecule has 6 nitrogen and oxygen atoms in total. The first-order valence-corrected chi connectivity index (χ1v) is 8.49. The predicted molar refractivity (Wildman–Crippen MR) is 89.2 cm³/mol. The molecule has 0 aromatic rings. The lowest BCUT2D eigenvalue weighted by Crippen LogP contribution is -2.47. The molecule has 3 rings (SSSR count). The minimum absolute atomic E-state index is 0.0521. The van der Waals surface area contributed by atoms with Gasteiger partial charge in [-0.1, -0.05) is 6.08 Å². The zero-order valence-corrected chi connectivity index (χ0v) is 14.8. The van der Waals surface area contributed by atoms with Crippen molar-refractivity contribution in [2.45, 2.75) is 51.9 Å². The molecule has 0 bridgehead atoms. The van der Waals surface area contributed by atoms with Gasteiger partial charge in [-0.3, -0.25) is 4.79 Å². The van der Waals surface area contributed by atoms with E-state index in [1.807, 2.05) is 32.9 Å². The van der Waals surface area contributed by atoms with Crippen molar-refractivity contribution in [1.82, 2.24) is 10.2 Å². The number of hydrogen-bond donors (Lipinski definition) is 1. The minimum atomic E-state index is -0.634. The molecule has 1 N–H and O–H groups in total. The molecule has 1 spiro atoms. The number of rotatable bonds is 1. The Morgan fingerprint density at radius 3 is 2.58 bits per heavy atom. The molecule has 1 atom stereocenters. The highest BCUT2D eigenvalue weighted by Gasteiger charge is 2.51. The molecule has 24 heavy (non-hydrogen) atoms. The fourth-order valence-corrected chi connectivity index (χ4v) is 3.74. The Labute approximate surface area is 142 Å². The van der Waals surface area contributed by atoms with Crippen molar-refractivity contribution in [1.29, 1.82) is 0 Å². The third kappa shape index (κ3) is 2.89. The van der Waals surface area contributed by atoms with Gasteiger partial charge in [0, 0.05) is 12.5 Å². The van der Waals surface area contributed by atoms with Gasteiger partial charge < -0.3 is 14.8 Å². The second-order valence-electron chi connectivity index (χ2n) is 7.75. The van der Waals surface area contributed by atoms with E-state index in [1.54, 1.807) is 0 Å². The summed E-state index contributed by atoms with van der Waals surface area (Å²) in [4.78, 5) is 27.4. The predicted octanol–water partition coefficient (Wildman–Crippen LogP) is 2.36. The maximum Gasteiger partial charge on any atom is 0.417 e. The van der Waals surface area contributed by atoms with Crippen molar-refractivity contribution in [3.05, 3.63) is 23.4 Å². The zero-order chi connectivity index (χ0) is 17.5. The van der Waals surface area contributed by atoms with Crippen LogP contribution >= 0.6 is 0 Å². The Morgan fingerprint density at radius 1 is 1.33 bits per heavy atom. The largest absolute Gasteiger partial charge is 0.443 e. The lowest BCUT2D eigenvalue weighted by Gasteiger charge is -2.35. The van der Waals surface area contributed by atoms with Crippen molar-refractivity contribution in [3.8, 4) is 0 Å². The van der Waals surface area contributed by atoms with Crippen molar-refractivity contribution >= 4 is 11.9 Å². The van der Waals surface area contributed by atoms with E-state index >= 15 is 0 Å². The average molecular weight is 334 g/mol. The Bertz CT molecular complexity index is 609. The van der Waals surface area contributed by atoms with Crippen LogP contribution in [0.5, 0.6) is 0 Å². The quantitative estimate of drug-likeness (QED) is 0.797. The molecule has 1 saturated heterocycles. The van der Waals surface area contributed by atoms with Crippen LogP contribution in [-0.2, 0) is 14.3 Å². The number of allylic oxidation sites excluding steroid dienone is 3. The minimum Gasteiger partial charge on any atom is -0.443 e. The van der Waals surface area contributed by atoms with Gasteiger partial charge in [0.05, 0.1) is 5.70 Å². The van der Waals surface area contributed by atoms with Crippen molar-refractivity contribution in [2.24, 2.45) is 5.41 Å². The van der Waals surface area contributed by atoms with Crippen molar-refractivity contribution in [2.75, 3.05) is 20.2 Å². The number of methoxy groups -OCH3 is 1. The van der Waals surface area contributed by atoms with Gasteiger partial charge in [-0.15, -0.1) is 0 Å². The third-order valence-electron chi connectivity index (χ3n) is 4.88. The van der Waals surface area contributed by atoms with Crippen LogP contribution in [0.1, 0.15) is 40.0 Å². The van der Waals surface area contributed by atoms with Gasteiger partial charge in [0.15, 0.2) is 12.0 Å². The van der Waals surface area contributed by atoms with E-state index in [2.05, 4.69) is 5.32 Å². The molecule has 1 aliphatic carbocycles. The van der Waals surface area contributed by atoms with Gasteiger partial charge in [-0.2, -0.15) is 0 Å². The zero-order valence-electron chi connectivity index (χ0n) is 14.8. The fraction of sp³-hybridized carbons (Fsp3) is 0.667. The van der Waals surface area contributed by atoms with Crippen molar-refractivity contribution in [3.63, 3.8) is 0 Å². The monoisotopic (exact) mass is 334 g/mol. The Balaban J connectivity index is 1.93. The third-order valence-corrected chi connectivity index (χ3v) is 4.88. The molecule has 0 radical (unpaired) electrons. The van der Waals surface area contributed by atoms with Gasteiger partial charge >= 0.3 is 6.09 Å². The summed E-state index contributed by atoms with van der Waals surface area (Å²) < 4.78 is 10.9. The number of nitrogens with zero attached hydrogens (tertiary/aromatic N) is 1. The molecule has 2 heterocycles. The number of ether oxygens (including phenoxy) is 2. The molecule has 1 fully saturated rings. The lowest BCUT2D eigenvalue weighted by atomic mass is 9.75. The first-order chi connectivity index (χ1) is 11.3. The van der Waals surface area contributed by atoms with Crippen LogP contribution in [0.4, 0.5) is 4.79 Å². The number of Topliss-reactive ketones (excluding diaryl/α,β-unsaturated/α-hetero) is 1. The van der Waals surface area contributed by atoms with E-state index in [0.717, 1.165) is 31.5 Å². The lowest BCUT2D eigenvalue weighted by molar-refractivity contribution is -0.127. The summed E-state index contributed by atoms with van der Waals surface area (Å²) in [6, 6.07) is 0. The smallest absolute Gasteiger partial charge is 0.417 e. The van der Waals surface area contributed by atoms with E-state index in [9.17, 15) is 9.59 Å². The van der Waals surface area contributed by atoms with Crippen LogP contribution in [0.3, 0.4) is 0 Å². The van der Waals surface area contributed by atoms with E-state index in [4.69, 9.17) is 9.47 Å². The highest BCUT2D eigenvalue weighted by Crippen LogP contribution is 2.48. The Kier molecular flexibility index (Phi) is 4.30. The summed E-state index contributed by atoms with van der Waals surface area (Å²) in [5, 5.41) is 3.30. The molecule has 1 unspecified atom stereocenters. The molecule has 0 aromatic carbocycles. The summed E-state index contributed by atoms with van der Waals surface area (Å²) in [6.45, 7) is 7.10. The maximum atomic E-state index is 13.2.